The third-order valence-corrected chi connectivity index (χ3v) is 3.51. The predicted molar refractivity (Wildman–Crippen MR) is 56.5 cm³/mol. The first-order valence-corrected chi connectivity index (χ1v) is 4.98. The van der Waals surface area contributed by atoms with Gasteiger partial charge in [0.1, 0.15) is 4.60 Å². The zero-order chi connectivity index (χ0) is 10.6. The van der Waals surface area contributed by atoms with E-state index in [1.165, 1.54) is 0 Å². The van der Waals surface area contributed by atoms with Crippen LogP contribution in [0.2, 0.25) is 0 Å². The first-order valence-electron chi connectivity index (χ1n) is 4.19. The second kappa shape index (κ2) is 2.70. The van der Waals surface area contributed by atoms with Crippen LogP contribution in [0.25, 0.3) is 0 Å². The zero-order valence-corrected chi connectivity index (χ0v) is 9.67. The van der Waals surface area contributed by atoms with Gasteiger partial charge in [0.25, 0.3) is 11.1 Å². The lowest BCUT2D eigenvalue weighted by molar-refractivity contribution is 0.775. The molecular formula is C9H9BrN2O2. The van der Waals surface area contributed by atoms with E-state index in [0.29, 0.717) is 15.7 Å². The maximum absolute atomic E-state index is 11.7. The fourth-order valence-corrected chi connectivity index (χ4v) is 2.13. The molecule has 0 aliphatic carbocycles. The summed E-state index contributed by atoms with van der Waals surface area (Å²) in [6.45, 7) is 5.24. The van der Waals surface area contributed by atoms with Crippen LogP contribution >= 0.6 is 15.9 Å². The molecular weight excluding hydrogens is 248 g/mol. The van der Waals surface area contributed by atoms with Gasteiger partial charge in [0, 0.05) is 16.8 Å². The number of aryl methyl sites for hydroxylation is 1. The van der Waals surface area contributed by atoms with Crippen molar-refractivity contribution < 1.29 is 0 Å². The fraction of sp³-hybridized carbons (Fsp3) is 0.333. The molecule has 0 N–H and O–H groups in total. The van der Waals surface area contributed by atoms with Crippen molar-refractivity contribution in [1.82, 2.24) is 9.03 Å². The van der Waals surface area contributed by atoms with E-state index in [2.05, 4.69) is 15.9 Å². The molecule has 0 spiro atoms. The summed E-state index contributed by atoms with van der Waals surface area (Å²) < 4.78 is 3.42. The van der Waals surface area contributed by atoms with Gasteiger partial charge >= 0.3 is 0 Å². The van der Waals surface area contributed by atoms with Crippen LogP contribution in [0.3, 0.4) is 0 Å². The first kappa shape index (κ1) is 9.45. The van der Waals surface area contributed by atoms with E-state index < -0.39 is 0 Å². The van der Waals surface area contributed by atoms with Gasteiger partial charge < -0.3 is 0 Å². The van der Waals surface area contributed by atoms with E-state index in [0.717, 1.165) is 10.2 Å². The second-order valence-corrected chi connectivity index (χ2v) is 4.11. The maximum atomic E-state index is 11.7. The molecule has 0 aromatic carbocycles. The number of hydrogen-bond acceptors (Lipinski definition) is 2. The van der Waals surface area contributed by atoms with Crippen LogP contribution in [0.15, 0.2) is 14.2 Å². The summed E-state index contributed by atoms with van der Waals surface area (Å²) in [5.74, 6) is 0. The Morgan fingerprint density at radius 2 is 1.43 bits per heavy atom. The normalized spacial score (nSPS) is 11.4. The predicted octanol–water partition coefficient (Wildman–Crippen LogP) is 0.885. The van der Waals surface area contributed by atoms with Gasteiger partial charge in [-0.05, 0) is 36.7 Å². The summed E-state index contributed by atoms with van der Waals surface area (Å²) in [7, 11) is 0. The molecule has 0 aliphatic heterocycles. The highest BCUT2D eigenvalue weighted by molar-refractivity contribution is 9.10. The van der Waals surface area contributed by atoms with Crippen LogP contribution in [0, 0.1) is 20.8 Å². The highest BCUT2D eigenvalue weighted by Gasteiger charge is 2.18. The van der Waals surface area contributed by atoms with Crippen molar-refractivity contribution >= 4 is 15.9 Å². The molecule has 0 atom stereocenters. The Bertz CT molecular complexity index is 572. The van der Waals surface area contributed by atoms with Gasteiger partial charge in [-0.15, -0.1) is 0 Å². The Labute approximate surface area is 88.2 Å². The van der Waals surface area contributed by atoms with Crippen LogP contribution in [0.1, 0.15) is 16.8 Å². The summed E-state index contributed by atoms with van der Waals surface area (Å²) >= 11 is 3.30. The maximum Gasteiger partial charge on any atom is 0.278 e. The first-order chi connectivity index (χ1) is 6.46. The monoisotopic (exact) mass is 256 g/mol. The lowest BCUT2D eigenvalue weighted by atomic mass is 10.3. The Kier molecular flexibility index (Phi) is 1.82. The minimum Gasteiger partial charge on any atom is -0.267 e. The van der Waals surface area contributed by atoms with Crippen molar-refractivity contribution in [3.63, 3.8) is 0 Å². The number of hydrogen-bond donors (Lipinski definition) is 0. The average molecular weight is 257 g/mol. The summed E-state index contributed by atoms with van der Waals surface area (Å²) in [5, 5.41) is 0. The van der Waals surface area contributed by atoms with E-state index in [1.807, 2.05) is 6.92 Å². The Balaban J connectivity index is 3.25. The smallest absolute Gasteiger partial charge is 0.267 e. The largest absolute Gasteiger partial charge is 0.278 e. The molecule has 0 aliphatic rings. The Morgan fingerprint density at radius 1 is 0.929 bits per heavy atom. The zero-order valence-electron chi connectivity index (χ0n) is 8.09. The number of fused-ring (bicyclic) bond motifs is 1. The quantitative estimate of drug-likeness (QED) is 0.703. The van der Waals surface area contributed by atoms with E-state index in [-0.39, 0.29) is 11.1 Å². The van der Waals surface area contributed by atoms with Crippen molar-refractivity contribution in [1.29, 1.82) is 0 Å². The van der Waals surface area contributed by atoms with E-state index in [9.17, 15) is 9.59 Å². The molecule has 14 heavy (non-hydrogen) atoms. The molecule has 0 fully saturated rings. The van der Waals surface area contributed by atoms with Crippen LogP contribution in [-0.2, 0) is 0 Å². The minimum atomic E-state index is -0.252. The molecule has 0 saturated heterocycles. The second-order valence-electron chi connectivity index (χ2n) is 3.36. The third-order valence-electron chi connectivity index (χ3n) is 2.58. The van der Waals surface area contributed by atoms with Crippen LogP contribution in [-0.4, -0.2) is 9.03 Å². The number of nitrogens with zero attached hydrogens (tertiary/aromatic N) is 2. The molecule has 0 bridgehead atoms. The molecule has 74 valence electrons. The van der Waals surface area contributed by atoms with Gasteiger partial charge in [-0.3, -0.25) is 9.59 Å². The van der Waals surface area contributed by atoms with Gasteiger partial charge in [-0.2, -0.15) is 4.52 Å². The molecule has 4 nitrogen and oxygen atoms in total. The Hall–Kier alpha value is -1.10. The van der Waals surface area contributed by atoms with Crippen LogP contribution < -0.4 is 11.1 Å². The summed E-state index contributed by atoms with van der Waals surface area (Å²) in [6.07, 6.45) is 0. The summed E-state index contributed by atoms with van der Waals surface area (Å²) in [6, 6.07) is 0. The highest BCUT2D eigenvalue weighted by Crippen LogP contribution is 2.14. The number of rotatable bonds is 0. The van der Waals surface area contributed by atoms with Crippen LogP contribution in [0.5, 0.6) is 0 Å². The molecule has 2 rings (SSSR count). The van der Waals surface area contributed by atoms with Crippen molar-refractivity contribution in [3.05, 3.63) is 42.1 Å². The number of aromatic nitrogens is 2. The molecule has 2 heterocycles. The van der Waals surface area contributed by atoms with Crippen molar-refractivity contribution in [3.8, 4) is 0 Å². The van der Waals surface area contributed by atoms with Gasteiger partial charge in [-0.1, -0.05) is 0 Å². The van der Waals surface area contributed by atoms with Crippen LogP contribution in [0.4, 0.5) is 0 Å². The minimum absolute atomic E-state index is 0.235. The molecule has 2 aromatic rings. The SMILES string of the molecule is Cc1c(C)n2c(Br)c(C)c(=O)n2c1=O. The molecule has 5 heteroatoms. The summed E-state index contributed by atoms with van der Waals surface area (Å²) in [4.78, 5) is 23.3. The molecule has 0 amide bonds. The van der Waals surface area contributed by atoms with Crippen molar-refractivity contribution in [2.24, 2.45) is 0 Å². The van der Waals surface area contributed by atoms with E-state index >= 15 is 0 Å². The van der Waals surface area contributed by atoms with Gasteiger partial charge in [0.05, 0.1) is 0 Å². The van der Waals surface area contributed by atoms with Gasteiger partial charge in [0.2, 0.25) is 0 Å². The molecule has 2 aromatic heterocycles. The Morgan fingerprint density at radius 3 is 1.93 bits per heavy atom. The molecule has 0 radical (unpaired) electrons. The van der Waals surface area contributed by atoms with E-state index in [1.54, 1.807) is 18.4 Å². The van der Waals surface area contributed by atoms with Gasteiger partial charge in [0.15, 0.2) is 0 Å². The topological polar surface area (TPSA) is 43.0 Å². The van der Waals surface area contributed by atoms with E-state index in [4.69, 9.17) is 0 Å². The average Bonchev–Trinajstić information content (AvgIpc) is 2.51. The standard InChI is InChI=1S/C9H9BrN2O2/c1-4-6(3)11-7(10)5(2)9(14)12(11)8(4)13/h1-3H3. The van der Waals surface area contributed by atoms with Crippen molar-refractivity contribution in [2.45, 2.75) is 20.8 Å². The highest BCUT2D eigenvalue weighted by atomic mass is 79.9. The summed E-state index contributed by atoms with van der Waals surface area (Å²) in [5.41, 5.74) is 1.49. The van der Waals surface area contributed by atoms with Gasteiger partial charge in [-0.25, -0.2) is 4.52 Å². The fourth-order valence-electron chi connectivity index (χ4n) is 1.54. The lowest BCUT2D eigenvalue weighted by Gasteiger charge is -1.93. The molecule has 0 unspecified atom stereocenters. The molecule has 0 saturated carbocycles. The van der Waals surface area contributed by atoms with Crippen molar-refractivity contribution in [2.75, 3.05) is 0 Å². The lowest BCUT2D eigenvalue weighted by Crippen LogP contribution is -2.23. The third kappa shape index (κ3) is 0.877. The number of halogens is 1.